The van der Waals surface area contributed by atoms with Gasteiger partial charge in [-0.3, -0.25) is 9.59 Å². The number of carbonyl (C=O) groups is 2. The van der Waals surface area contributed by atoms with Crippen LogP contribution in [-0.4, -0.2) is 11.6 Å². The van der Waals surface area contributed by atoms with Gasteiger partial charge in [-0.05, 0) is 30.1 Å². The number of rotatable bonds is 0. The van der Waals surface area contributed by atoms with Gasteiger partial charge in [-0.2, -0.15) is 0 Å². The first-order chi connectivity index (χ1) is 10.3. The molecule has 0 heterocycles. The maximum absolute atomic E-state index is 13.1. The maximum Gasteiger partial charge on any atom is 0.164 e. The topological polar surface area (TPSA) is 34.1 Å². The fourth-order valence-corrected chi connectivity index (χ4v) is 6.04. The number of carbonyl (C=O) groups excluding carboxylic acids is 2. The summed E-state index contributed by atoms with van der Waals surface area (Å²) in [5, 5.41) is 0. The van der Waals surface area contributed by atoms with Crippen molar-refractivity contribution in [2.75, 3.05) is 0 Å². The van der Waals surface area contributed by atoms with Crippen molar-refractivity contribution in [3.63, 3.8) is 0 Å². The highest BCUT2D eigenvalue weighted by Crippen LogP contribution is 2.61. The molecule has 7 aliphatic carbocycles. The highest BCUT2D eigenvalue weighted by atomic mass is 16.1. The van der Waals surface area contributed by atoms with E-state index in [1.165, 1.54) is 0 Å². The molecule has 104 valence electrons. The molecule has 7 aliphatic rings. The second-order valence-electron chi connectivity index (χ2n) is 7.52. The molecule has 0 aromatic heterocycles. The second kappa shape index (κ2) is 3.21. The zero-order valence-corrected chi connectivity index (χ0v) is 11.6. The van der Waals surface area contributed by atoms with Gasteiger partial charge in [-0.1, -0.05) is 36.5 Å². The lowest BCUT2D eigenvalue weighted by Gasteiger charge is -2.56. The zero-order chi connectivity index (χ0) is 13.9. The quantitative estimate of drug-likeness (QED) is 0.637. The molecule has 0 N–H and O–H groups in total. The SMILES string of the molecule is O=C1C2=C(C(=O)[C@H]3[C@H]4C=C[C@H]([C@@H]5C=C[C@@H]54)[C@@H]13)[C@H]1C=C[C@@H]2C1. The van der Waals surface area contributed by atoms with Gasteiger partial charge >= 0.3 is 0 Å². The normalized spacial score (nSPS) is 53.9. The summed E-state index contributed by atoms with van der Waals surface area (Å²) in [5.41, 5.74) is 1.80. The number of fused-ring (bicyclic) bond motifs is 4. The second-order valence-corrected chi connectivity index (χ2v) is 7.52. The Morgan fingerprint density at radius 3 is 1.48 bits per heavy atom. The van der Waals surface area contributed by atoms with Crippen molar-refractivity contribution in [2.24, 2.45) is 47.3 Å². The maximum atomic E-state index is 13.1. The summed E-state index contributed by atoms with van der Waals surface area (Å²) in [6, 6.07) is 0. The molecule has 0 aromatic carbocycles. The van der Waals surface area contributed by atoms with Gasteiger partial charge in [0.25, 0.3) is 0 Å². The molecule has 0 saturated heterocycles. The Bertz CT molecular complexity index is 677. The molecule has 2 heteroatoms. The third-order valence-electron chi connectivity index (χ3n) is 6.91. The van der Waals surface area contributed by atoms with E-state index in [0.29, 0.717) is 23.4 Å². The van der Waals surface area contributed by atoms with Crippen molar-refractivity contribution in [1.29, 1.82) is 0 Å². The van der Waals surface area contributed by atoms with E-state index in [0.717, 1.165) is 17.6 Å². The summed E-state index contributed by atoms with van der Waals surface area (Å²) < 4.78 is 0. The molecule has 8 atom stereocenters. The molecule has 1 saturated carbocycles. The van der Waals surface area contributed by atoms with Crippen LogP contribution in [0.2, 0.25) is 0 Å². The molecule has 0 spiro atoms. The van der Waals surface area contributed by atoms with Crippen LogP contribution in [0.3, 0.4) is 0 Å². The summed E-state index contributed by atoms with van der Waals surface area (Å²) in [5.74, 6) is 2.51. The van der Waals surface area contributed by atoms with Crippen LogP contribution in [-0.2, 0) is 9.59 Å². The standard InChI is InChI=1S/C19H16O2/c20-18-14-8-1-2-9(7-8)15(14)19(21)17-13-6-5-12(16(17)18)10-3-4-11(10)13/h1-6,8-13,16-17H,7H2/t8-,9+,10-,11+,12-,13+,16-,17+. The molecule has 0 radical (unpaired) electrons. The number of allylic oxidation sites excluding steroid dienone is 8. The zero-order valence-electron chi connectivity index (χ0n) is 11.6. The van der Waals surface area contributed by atoms with Crippen LogP contribution in [0, 0.1) is 47.3 Å². The number of hydrogen-bond acceptors (Lipinski definition) is 2. The van der Waals surface area contributed by atoms with Gasteiger partial charge in [-0.25, -0.2) is 0 Å². The van der Waals surface area contributed by atoms with Crippen LogP contribution in [0.1, 0.15) is 6.42 Å². The molecule has 0 aromatic rings. The Labute approximate surface area is 123 Å². The van der Waals surface area contributed by atoms with Crippen molar-refractivity contribution in [1.82, 2.24) is 0 Å². The molecule has 0 aliphatic heterocycles. The summed E-state index contributed by atoms with van der Waals surface area (Å²) in [6.45, 7) is 0. The minimum absolute atomic E-state index is 0.0646. The van der Waals surface area contributed by atoms with Crippen molar-refractivity contribution in [3.8, 4) is 0 Å². The lowest BCUT2D eigenvalue weighted by molar-refractivity contribution is -0.139. The molecule has 4 bridgehead atoms. The molecule has 7 rings (SSSR count). The molecule has 0 amide bonds. The van der Waals surface area contributed by atoms with Gasteiger partial charge in [0.15, 0.2) is 11.6 Å². The molecule has 2 nitrogen and oxygen atoms in total. The minimum atomic E-state index is -0.0646. The summed E-state index contributed by atoms with van der Waals surface area (Å²) in [7, 11) is 0. The Hall–Kier alpha value is -1.70. The van der Waals surface area contributed by atoms with E-state index >= 15 is 0 Å². The molecular weight excluding hydrogens is 260 g/mol. The van der Waals surface area contributed by atoms with E-state index in [4.69, 9.17) is 0 Å². The molecular formula is C19H16O2. The van der Waals surface area contributed by atoms with Crippen LogP contribution in [0.5, 0.6) is 0 Å². The summed E-state index contributed by atoms with van der Waals surface area (Å²) in [4.78, 5) is 26.3. The average Bonchev–Trinajstić information content (AvgIpc) is 3.04. The third kappa shape index (κ3) is 1.01. The molecule has 21 heavy (non-hydrogen) atoms. The fraction of sp³-hybridized carbons (Fsp3) is 0.474. The van der Waals surface area contributed by atoms with Crippen molar-refractivity contribution < 1.29 is 9.59 Å². The Balaban J connectivity index is 1.55. The van der Waals surface area contributed by atoms with Crippen LogP contribution in [0.25, 0.3) is 0 Å². The van der Waals surface area contributed by atoms with E-state index in [1.54, 1.807) is 0 Å². The van der Waals surface area contributed by atoms with E-state index in [-0.39, 0.29) is 35.5 Å². The van der Waals surface area contributed by atoms with Crippen LogP contribution in [0.4, 0.5) is 0 Å². The van der Waals surface area contributed by atoms with E-state index in [2.05, 4.69) is 36.5 Å². The highest BCUT2D eigenvalue weighted by molar-refractivity contribution is 6.16. The highest BCUT2D eigenvalue weighted by Gasteiger charge is 2.61. The smallest absolute Gasteiger partial charge is 0.164 e. The van der Waals surface area contributed by atoms with Crippen molar-refractivity contribution >= 4 is 11.6 Å². The van der Waals surface area contributed by atoms with Gasteiger partial charge in [-0.15, -0.1) is 0 Å². The van der Waals surface area contributed by atoms with E-state index in [9.17, 15) is 9.59 Å². The largest absolute Gasteiger partial charge is 0.294 e. The number of hydrogen-bond donors (Lipinski definition) is 0. The predicted octanol–water partition coefficient (Wildman–Crippen LogP) is 2.49. The van der Waals surface area contributed by atoms with Gasteiger partial charge in [0.2, 0.25) is 0 Å². The van der Waals surface area contributed by atoms with Crippen LogP contribution in [0.15, 0.2) is 47.6 Å². The minimum Gasteiger partial charge on any atom is -0.294 e. The predicted molar refractivity (Wildman–Crippen MR) is 77.0 cm³/mol. The van der Waals surface area contributed by atoms with Crippen molar-refractivity contribution in [2.45, 2.75) is 6.42 Å². The molecule has 1 fully saturated rings. The van der Waals surface area contributed by atoms with Gasteiger partial charge < -0.3 is 0 Å². The fourth-order valence-electron chi connectivity index (χ4n) is 6.04. The lowest BCUT2D eigenvalue weighted by Crippen LogP contribution is -2.57. The summed E-state index contributed by atoms with van der Waals surface area (Å²) in [6.07, 6.45) is 14.2. The van der Waals surface area contributed by atoms with Crippen LogP contribution >= 0.6 is 0 Å². The van der Waals surface area contributed by atoms with Gasteiger partial charge in [0.05, 0.1) is 0 Å². The monoisotopic (exact) mass is 276 g/mol. The summed E-state index contributed by atoms with van der Waals surface area (Å²) >= 11 is 0. The Morgan fingerprint density at radius 2 is 1.05 bits per heavy atom. The van der Waals surface area contributed by atoms with E-state index in [1.807, 2.05) is 0 Å². The average molecular weight is 276 g/mol. The van der Waals surface area contributed by atoms with Gasteiger partial charge in [0.1, 0.15) is 0 Å². The first kappa shape index (κ1) is 10.9. The first-order valence-electron chi connectivity index (χ1n) is 8.13. The van der Waals surface area contributed by atoms with Crippen LogP contribution < -0.4 is 0 Å². The first-order valence-corrected chi connectivity index (χ1v) is 8.13. The number of Topliss-reactive ketones (excluding diaryl/α,β-unsaturated/α-hetero) is 2. The molecule has 0 unspecified atom stereocenters. The van der Waals surface area contributed by atoms with E-state index < -0.39 is 0 Å². The Kier molecular flexibility index (Phi) is 1.67. The van der Waals surface area contributed by atoms with Gasteiger partial charge in [0, 0.05) is 34.8 Å². The number of ketones is 2. The Morgan fingerprint density at radius 1 is 0.619 bits per heavy atom. The lowest BCUT2D eigenvalue weighted by atomic mass is 9.46. The van der Waals surface area contributed by atoms with Crippen molar-refractivity contribution in [3.05, 3.63) is 47.6 Å². The third-order valence-corrected chi connectivity index (χ3v) is 6.91.